The largest absolute Gasteiger partial charge is 0.350 e. The Balaban J connectivity index is 0.00000196. The first-order valence-electron chi connectivity index (χ1n) is 9.45. The lowest BCUT2D eigenvalue weighted by Gasteiger charge is -2.46. The second kappa shape index (κ2) is 7.96. The van der Waals surface area contributed by atoms with E-state index in [0.717, 1.165) is 49.8 Å². The molecule has 8 heteroatoms. The summed E-state index contributed by atoms with van der Waals surface area (Å²) >= 11 is 0. The fraction of sp³-hybridized carbons (Fsp3) is 0.722. The van der Waals surface area contributed by atoms with Gasteiger partial charge in [0, 0.05) is 44.2 Å². The summed E-state index contributed by atoms with van der Waals surface area (Å²) in [6.45, 7) is 2.45. The van der Waals surface area contributed by atoms with Crippen LogP contribution in [0.25, 0.3) is 0 Å². The molecule has 0 unspecified atom stereocenters. The first-order chi connectivity index (χ1) is 12.2. The van der Waals surface area contributed by atoms with E-state index in [0.29, 0.717) is 44.3 Å². The number of nitrogens with two attached hydrogens (primary N) is 1. The number of likely N-dealkylation sites (tertiary alicyclic amines) is 2. The number of rotatable bonds is 3. The van der Waals surface area contributed by atoms with Gasteiger partial charge >= 0.3 is 0 Å². The standard InChI is InChI=1S/C18H26N4O3.ClH/c19-8-10-22-15-7-9-21(11-12(15)5-6-16(22)23)18(24)17-13-3-1-2-4-14(13)20-25-17;/h12,15H,1-11,19H2;1H/t12-,15+;/m0./s1. The molecule has 0 saturated carbocycles. The van der Waals surface area contributed by atoms with Gasteiger partial charge < -0.3 is 20.1 Å². The first-order valence-corrected chi connectivity index (χ1v) is 9.45. The van der Waals surface area contributed by atoms with Crippen LogP contribution in [0.1, 0.15) is 53.9 Å². The van der Waals surface area contributed by atoms with Crippen molar-refractivity contribution in [2.75, 3.05) is 26.2 Å². The third kappa shape index (κ3) is 3.34. The molecule has 2 amide bonds. The normalized spacial score (nSPS) is 25.3. The van der Waals surface area contributed by atoms with E-state index in [1.54, 1.807) is 0 Å². The molecule has 2 fully saturated rings. The highest BCUT2D eigenvalue weighted by Gasteiger charge is 2.41. The molecule has 0 radical (unpaired) electrons. The molecule has 7 nitrogen and oxygen atoms in total. The summed E-state index contributed by atoms with van der Waals surface area (Å²) in [6.07, 6.45) is 6.23. The Hall–Kier alpha value is -1.60. The van der Waals surface area contributed by atoms with Gasteiger partial charge in [0.2, 0.25) is 11.7 Å². The lowest BCUT2D eigenvalue weighted by Crippen LogP contribution is -2.57. The van der Waals surface area contributed by atoms with E-state index in [1.165, 1.54) is 0 Å². The maximum atomic E-state index is 13.0. The maximum absolute atomic E-state index is 13.0. The Morgan fingerprint density at radius 1 is 1.23 bits per heavy atom. The predicted molar refractivity (Wildman–Crippen MR) is 98.2 cm³/mol. The number of nitrogens with zero attached hydrogens (tertiary/aromatic N) is 3. The van der Waals surface area contributed by atoms with Gasteiger partial charge in [-0.2, -0.15) is 0 Å². The molecule has 1 aromatic rings. The van der Waals surface area contributed by atoms with Gasteiger partial charge in [-0.3, -0.25) is 9.59 Å². The van der Waals surface area contributed by atoms with Crippen LogP contribution in [-0.4, -0.2) is 59.0 Å². The minimum Gasteiger partial charge on any atom is -0.350 e. The highest BCUT2D eigenvalue weighted by Crippen LogP contribution is 2.32. The summed E-state index contributed by atoms with van der Waals surface area (Å²) in [5.74, 6) is 0.951. The van der Waals surface area contributed by atoms with Crippen LogP contribution in [0, 0.1) is 5.92 Å². The fourth-order valence-electron chi connectivity index (χ4n) is 4.67. The summed E-state index contributed by atoms with van der Waals surface area (Å²) in [6, 6.07) is 0.220. The average Bonchev–Trinajstić information content (AvgIpc) is 3.07. The van der Waals surface area contributed by atoms with Crippen LogP contribution in [0.3, 0.4) is 0 Å². The maximum Gasteiger partial charge on any atom is 0.292 e. The van der Waals surface area contributed by atoms with Crippen molar-refractivity contribution in [2.45, 2.75) is 51.0 Å². The van der Waals surface area contributed by atoms with Gasteiger partial charge in [0.25, 0.3) is 5.91 Å². The zero-order valence-corrected chi connectivity index (χ0v) is 15.8. The Morgan fingerprint density at radius 2 is 2.04 bits per heavy atom. The smallest absolute Gasteiger partial charge is 0.292 e. The first kappa shape index (κ1) is 19.2. The molecule has 3 aliphatic rings. The van der Waals surface area contributed by atoms with Crippen molar-refractivity contribution in [1.29, 1.82) is 0 Å². The van der Waals surface area contributed by atoms with E-state index in [4.69, 9.17) is 10.3 Å². The second-order valence-corrected chi connectivity index (χ2v) is 7.43. The van der Waals surface area contributed by atoms with Crippen LogP contribution < -0.4 is 5.73 Å². The van der Waals surface area contributed by atoms with Crippen molar-refractivity contribution >= 4 is 24.2 Å². The van der Waals surface area contributed by atoms with Crippen LogP contribution in [0.4, 0.5) is 0 Å². The second-order valence-electron chi connectivity index (χ2n) is 7.43. The van der Waals surface area contributed by atoms with Crippen LogP contribution >= 0.6 is 12.4 Å². The van der Waals surface area contributed by atoms with E-state index >= 15 is 0 Å². The van der Waals surface area contributed by atoms with Gasteiger partial charge in [0.1, 0.15) is 0 Å². The average molecular weight is 383 g/mol. The Labute approximate surface area is 159 Å². The van der Waals surface area contributed by atoms with Crippen molar-refractivity contribution in [3.05, 3.63) is 17.0 Å². The van der Waals surface area contributed by atoms with E-state index in [9.17, 15) is 9.59 Å². The van der Waals surface area contributed by atoms with Crippen molar-refractivity contribution < 1.29 is 14.1 Å². The van der Waals surface area contributed by atoms with Crippen LogP contribution in [-0.2, 0) is 17.6 Å². The molecule has 1 aliphatic carbocycles. The van der Waals surface area contributed by atoms with E-state index < -0.39 is 0 Å². The quantitative estimate of drug-likeness (QED) is 0.852. The third-order valence-corrected chi connectivity index (χ3v) is 5.95. The molecular weight excluding hydrogens is 356 g/mol. The number of amides is 2. The van der Waals surface area contributed by atoms with Gasteiger partial charge in [0.05, 0.1) is 5.69 Å². The molecule has 1 aromatic heterocycles. The molecule has 26 heavy (non-hydrogen) atoms. The number of piperidine rings is 2. The number of aromatic nitrogens is 1. The number of carbonyl (C=O) groups is 2. The topological polar surface area (TPSA) is 92.7 Å². The van der Waals surface area contributed by atoms with Crippen molar-refractivity contribution in [1.82, 2.24) is 15.0 Å². The zero-order valence-electron chi connectivity index (χ0n) is 15.0. The summed E-state index contributed by atoms with van der Waals surface area (Å²) in [5, 5.41) is 4.11. The number of hydrogen-bond acceptors (Lipinski definition) is 5. The highest BCUT2D eigenvalue weighted by molar-refractivity contribution is 5.93. The molecule has 2 N–H and O–H groups in total. The van der Waals surface area contributed by atoms with Crippen LogP contribution in [0.5, 0.6) is 0 Å². The Bertz CT molecular complexity index is 677. The monoisotopic (exact) mass is 382 g/mol. The van der Waals surface area contributed by atoms with Gasteiger partial charge in [-0.25, -0.2) is 0 Å². The SMILES string of the molecule is Cl.NCCN1C(=O)CC[C@H]2CN(C(=O)c3onc4c3CCCC4)CC[C@H]21. The summed E-state index contributed by atoms with van der Waals surface area (Å²) in [5.41, 5.74) is 7.65. The van der Waals surface area contributed by atoms with Crippen LogP contribution in [0.2, 0.25) is 0 Å². The number of hydrogen-bond donors (Lipinski definition) is 1. The minimum absolute atomic E-state index is 0. The Morgan fingerprint density at radius 3 is 2.85 bits per heavy atom. The molecule has 0 spiro atoms. The third-order valence-electron chi connectivity index (χ3n) is 5.95. The summed E-state index contributed by atoms with van der Waals surface area (Å²) in [7, 11) is 0. The fourth-order valence-corrected chi connectivity index (χ4v) is 4.67. The molecule has 2 saturated heterocycles. The summed E-state index contributed by atoms with van der Waals surface area (Å²) in [4.78, 5) is 29.0. The zero-order chi connectivity index (χ0) is 17.4. The Kier molecular flexibility index (Phi) is 5.87. The molecule has 2 atom stereocenters. The number of halogens is 1. The molecule has 144 valence electrons. The van der Waals surface area contributed by atoms with E-state index in [1.807, 2.05) is 9.80 Å². The number of fused-ring (bicyclic) bond motifs is 2. The lowest BCUT2D eigenvalue weighted by molar-refractivity contribution is -0.140. The predicted octanol–water partition coefficient (Wildman–Crippen LogP) is 1.39. The van der Waals surface area contributed by atoms with Crippen molar-refractivity contribution in [2.24, 2.45) is 11.7 Å². The molecule has 4 rings (SSSR count). The highest BCUT2D eigenvalue weighted by atomic mass is 35.5. The molecule has 3 heterocycles. The molecule has 0 aromatic carbocycles. The van der Waals surface area contributed by atoms with Gasteiger partial charge in [-0.1, -0.05) is 5.16 Å². The molecule has 2 aliphatic heterocycles. The van der Waals surface area contributed by atoms with Crippen molar-refractivity contribution in [3.8, 4) is 0 Å². The van der Waals surface area contributed by atoms with Gasteiger partial charge in [-0.15, -0.1) is 12.4 Å². The molecular formula is C18H27ClN4O3. The van der Waals surface area contributed by atoms with Gasteiger partial charge in [0.15, 0.2) is 0 Å². The van der Waals surface area contributed by atoms with E-state index in [-0.39, 0.29) is 30.3 Å². The van der Waals surface area contributed by atoms with Crippen molar-refractivity contribution in [3.63, 3.8) is 0 Å². The van der Waals surface area contributed by atoms with Crippen LogP contribution in [0.15, 0.2) is 4.52 Å². The van der Waals surface area contributed by atoms with Gasteiger partial charge in [-0.05, 0) is 44.4 Å². The lowest BCUT2D eigenvalue weighted by atomic mass is 9.83. The minimum atomic E-state index is -0.0311. The molecule has 0 bridgehead atoms. The van der Waals surface area contributed by atoms with E-state index in [2.05, 4.69) is 5.16 Å². The number of carbonyl (C=O) groups excluding carboxylic acids is 2. The summed E-state index contributed by atoms with van der Waals surface area (Å²) < 4.78 is 5.42. The number of aryl methyl sites for hydroxylation is 1.